The van der Waals surface area contributed by atoms with Gasteiger partial charge >= 0.3 is 5.97 Å². The maximum Gasteiger partial charge on any atom is 0.321 e. The maximum absolute atomic E-state index is 11.8. The number of carbonyl (C=O) groups excluding carboxylic acids is 1. The number of carboxylic acids is 1. The van der Waals surface area contributed by atoms with Crippen molar-refractivity contribution in [2.24, 2.45) is 5.73 Å². The molecule has 4 N–H and O–H groups in total. The highest BCUT2D eigenvalue weighted by Gasteiger charge is 2.33. The third-order valence-electron chi connectivity index (χ3n) is 2.72. The minimum Gasteiger partial charge on any atom is -0.480 e. The highest BCUT2D eigenvalue weighted by Crippen LogP contribution is 2.27. The van der Waals surface area contributed by atoms with Crippen molar-refractivity contribution in [3.05, 3.63) is 29.3 Å². The molecule has 0 aliphatic heterocycles. The predicted molar refractivity (Wildman–Crippen MR) is 82.2 cm³/mol. The van der Waals surface area contributed by atoms with Crippen LogP contribution in [0.4, 0.5) is 5.69 Å². The molecule has 0 unspecified atom stereocenters. The molecule has 0 spiro atoms. The number of carboxylic acid groups (broad SMARTS) is 1. The van der Waals surface area contributed by atoms with Crippen molar-refractivity contribution in [2.75, 3.05) is 11.1 Å². The SMILES string of the molecule is CC(C)(SCC(=O)Nc1ccc(Cl)cc1)[C@@H](N)C(=O)O. The number of carbonyl (C=O) groups is 2. The van der Waals surface area contributed by atoms with Crippen LogP contribution in [0.5, 0.6) is 0 Å². The van der Waals surface area contributed by atoms with Gasteiger partial charge in [0.25, 0.3) is 0 Å². The molecule has 0 fully saturated rings. The highest BCUT2D eigenvalue weighted by molar-refractivity contribution is 8.01. The molecule has 0 aromatic heterocycles. The number of benzene rings is 1. The van der Waals surface area contributed by atoms with Crippen LogP contribution in [0.3, 0.4) is 0 Å². The molecule has 0 bridgehead atoms. The number of nitrogens with two attached hydrogens (primary N) is 1. The van der Waals surface area contributed by atoms with E-state index in [0.717, 1.165) is 0 Å². The molecule has 1 amide bonds. The summed E-state index contributed by atoms with van der Waals surface area (Å²) < 4.78 is -0.733. The number of nitrogens with one attached hydrogen (secondary N) is 1. The maximum atomic E-state index is 11.8. The summed E-state index contributed by atoms with van der Waals surface area (Å²) in [6, 6.07) is 5.71. The topological polar surface area (TPSA) is 92.4 Å². The monoisotopic (exact) mass is 316 g/mol. The second kappa shape index (κ2) is 6.97. The molecule has 0 heterocycles. The number of halogens is 1. The lowest BCUT2D eigenvalue weighted by atomic mass is 10.1. The van der Waals surface area contributed by atoms with Crippen LogP contribution in [0.2, 0.25) is 5.02 Å². The van der Waals surface area contributed by atoms with E-state index in [1.165, 1.54) is 11.8 Å². The van der Waals surface area contributed by atoms with Crippen molar-refractivity contribution in [3.63, 3.8) is 0 Å². The number of rotatable bonds is 6. The largest absolute Gasteiger partial charge is 0.480 e. The van der Waals surface area contributed by atoms with Gasteiger partial charge in [0.2, 0.25) is 5.91 Å². The molecule has 1 aromatic rings. The Morgan fingerprint density at radius 3 is 2.45 bits per heavy atom. The predicted octanol–water partition coefficient (Wildman–Crippen LogP) is 2.20. The van der Waals surface area contributed by atoms with Crippen LogP contribution in [0.1, 0.15) is 13.8 Å². The normalized spacial score (nSPS) is 12.8. The van der Waals surface area contributed by atoms with Crippen LogP contribution < -0.4 is 11.1 Å². The Bertz CT molecular complexity index is 491. The minimum absolute atomic E-state index is 0.122. The van der Waals surface area contributed by atoms with E-state index in [0.29, 0.717) is 10.7 Å². The lowest BCUT2D eigenvalue weighted by molar-refractivity contribution is -0.139. The first kappa shape index (κ1) is 16.8. The van der Waals surface area contributed by atoms with E-state index in [4.69, 9.17) is 22.4 Å². The van der Waals surface area contributed by atoms with Gasteiger partial charge in [-0.05, 0) is 38.1 Å². The molecule has 5 nitrogen and oxygen atoms in total. The molecule has 7 heteroatoms. The Balaban J connectivity index is 2.51. The highest BCUT2D eigenvalue weighted by atomic mass is 35.5. The summed E-state index contributed by atoms with van der Waals surface area (Å²) >= 11 is 6.95. The van der Waals surface area contributed by atoms with E-state index in [1.807, 2.05) is 0 Å². The van der Waals surface area contributed by atoms with Crippen LogP contribution in [-0.4, -0.2) is 33.5 Å². The second-order valence-electron chi connectivity index (χ2n) is 4.76. The molecule has 0 aliphatic rings. The third-order valence-corrected chi connectivity index (χ3v) is 4.37. The van der Waals surface area contributed by atoms with Gasteiger partial charge in [-0.3, -0.25) is 9.59 Å². The quantitative estimate of drug-likeness (QED) is 0.748. The van der Waals surface area contributed by atoms with Gasteiger partial charge in [0.05, 0.1) is 5.75 Å². The van der Waals surface area contributed by atoms with Crippen LogP contribution in [0.15, 0.2) is 24.3 Å². The summed E-state index contributed by atoms with van der Waals surface area (Å²) in [5.41, 5.74) is 6.22. The zero-order valence-electron chi connectivity index (χ0n) is 11.2. The molecule has 1 atom stereocenters. The van der Waals surface area contributed by atoms with Gasteiger partial charge in [-0.25, -0.2) is 0 Å². The molecule has 1 aromatic carbocycles. The Morgan fingerprint density at radius 1 is 1.40 bits per heavy atom. The average molecular weight is 317 g/mol. The van der Waals surface area contributed by atoms with Crippen molar-refractivity contribution in [2.45, 2.75) is 24.6 Å². The van der Waals surface area contributed by atoms with E-state index in [-0.39, 0.29) is 11.7 Å². The van der Waals surface area contributed by atoms with Crippen molar-refractivity contribution in [1.29, 1.82) is 0 Å². The van der Waals surface area contributed by atoms with Gasteiger partial charge < -0.3 is 16.2 Å². The smallest absolute Gasteiger partial charge is 0.321 e. The van der Waals surface area contributed by atoms with Gasteiger partial charge in [-0.1, -0.05) is 11.6 Å². The standard InChI is InChI=1S/C13H17ClN2O3S/c1-13(2,11(15)12(18)19)20-7-10(17)16-9-5-3-8(14)4-6-9/h3-6,11H,7,15H2,1-2H3,(H,16,17)(H,18,19)/t11-/m0/s1. The lowest BCUT2D eigenvalue weighted by Crippen LogP contribution is -2.47. The van der Waals surface area contributed by atoms with Crippen LogP contribution in [-0.2, 0) is 9.59 Å². The van der Waals surface area contributed by atoms with Crippen LogP contribution in [0.25, 0.3) is 0 Å². The Hall–Kier alpha value is -1.24. The fraction of sp³-hybridized carbons (Fsp3) is 0.385. The van der Waals surface area contributed by atoms with E-state index < -0.39 is 16.8 Å². The number of thioether (sulfide) groups is 1. The zero-order chi connectivity index (χ0) is 15.3. The first-order chi connectivity index (χ1) is 9.22. The molecule has 110 valence electrons. The summed E-state index contributed by atoms with van der Waals surface area (Å²) in [6.45, 7) is 3.40. The van der Waals surface area contributed by atoms with E-state index in [1.54, 1.807) is 38.1 Å². The van der Waals surface area contributed by atoms with E-state index in [9.17, 15) is 9.59 Å². The van der Waals surface area contributed by atoms with Gasteiger partial charge in [0.1, 0.15) is 6.04 Å². The van der Waals surface area contributed by atoms with Gasteiger partial charge in [0.15, 0.2) is 0 Å². The molecular weight excluding hydrogens is 300 g/mol. The first-order valence-corrected chi connectivity index (χ1v) is 7.26. The summed E-state index contributed by atoms with van der Waals surface area (Å²) in [4.78, 5) is 22.6. The number of anilines is 1. The minimum atomic E-state index is -1.08. The second-order valence-corrected chi connectivity index (χ2v) is 6.83. The van der Waals surface area contributed by atoms with E-state index in [2.05, 4.69) is 5.32 Å². The number of amides is 1. The molecule has 0 radical (unpaired) electrons. The number of hydrogen-bond donors (Lipinski definition) is 3. The van der Waals surface area contributed by atoms with Crippen molar-refractivity contribution >= 4 is 40.9 Å². The summed E-state index contributed by atoms with van der Waals surface area (Å²) in [5, 5.41) is 12.2. The molecule has 1 rings (SSSR count). The number of aliphatic carboxylic acids is 1. The Morgan fingerprint density at radius 2 is 1.95 bits per heavy atom. The van der Waals surface area contributed by atoms with Crippen molar-refractivity contribution in [3.8, 4) is 0 Å². The van der Waals surface area contributed by atoms with E-state index >= 15 is 0 Å². The first-order valence-electron chi connectivity index (χ1n) is 5.90. The molecule has 0 aliphatic carbocycles. The van der Waals surface area contributed by atoms with Gasteiger partial charge in [-0.2, -0.15) is 0 Å². The summed E-state index contributed by atoms with van der Waals surface area (Å²) in [7, 11) is 0. The van der Waals surface area contributed by atoms with Gasteiger partial charge in [-0.15, -0.1) is 11.8 Å². The van der Waals surface area contributed by atoms with Crippen LogP contribution >= 0.6 is 23.4 Å². The van der Waals surface area contributed by atoms with Crippen molar-refractivity contribution in [1.82, 2.24) is 0 Å². The van der Waals surface area contributed by atoms with Gasteiger partial charge in [0, 0.05) is 15.5 Å². The molecule has 0 saturated heterocycles. The summed E-state index contributed by atoms with van der Waals surface area (Å²) in [6.07, 6.45) is 0. The summed E-state index contributed by atoms with van der Waals surface area (Å²) in [5.74, 6) is -1.18. The molecule has 0 saturated carbocycles. The van der Waals surface area contributed by atoms with Crippen molar-refractivity contribution < 1.29 is 14.7 Å². The van der Waals surface area contributed by atoms with Crippen LogP contribution in [0, 0.1) is 0 Å². The molecule has 20 heavy (non-hydrogen) atoms. The Kier molecular flexibility index (Phi) is 5.86. The third kappa shape index (κ3) is 5.03. The fourth-order valence-electron chi connectivity index (χ4n) is 1.37. The fourth-order valence-corrected chi connectivity index (χ4v) is 2.35. The number of hydrogen-bond acceptors (Lipinski definition) is 4. The molecular formula is C13H17ClN2O3S. The zero-order valence-corrected chi connectivity index (χ0v) is 12.8. The lowest BCUT2D eigenvalue weighted by Gasteiger charge is -2.27. The average Bonchev–Trinajstić information content (AvgIpc) is 2.38. The Labute approximate surface area is 126 Å².